The van der Waals surface area contributed by atoms with Crippen molar-refractivity contribution in [2.24, 2.45) is 11.7 Å². The van der Waals surface area contributed by atoms with Crippen molar-refractivity contribution in [2.45, 2.75) is 59.0 Å². The van der Waals surface area contributed by atoms with E-state index in [0.29, 0.717) is 12.0 Å². The molecule has 0 aliphatic heterocycles. The van der Waals surface area contributed by atoms with Crippen molar-refractivity contribution in [1.29, 1.82) is 5.26 Å². The summed E-state index contributed by atoms with van der Waals surface area (Å²) in [5.41, 5.74) is 5.13. The molecule has 1 unspecified atom stereocenters. The lowest BCUT2D eigenvalue weighted by atomic mass is 9.99. The highest BCUT2D eigenvalue weighted by atomic mass is 15.1. The minimum absolute atomic E-state index is 0.563. The second kappa shape index (κ2) is 6.88. The fourth-order valence-corrected chi connectivity index (χ4v) is 1.73. The van der Waals surface area contributed by atoms with Gasteiger partial charge in [0.1, 0.15) is 5.54 Å². The molecule has 94 valence electrons. The lowest BCUT2D eigenvalue weighted by molar-refractivity contribution is 0.191. The predicted octanol–water partition coefficient (Wildman–Crippen LogP) is 2.37. The molecule has 0 rings (SSSR count). The number of nitriles is 1. The fraction of sp³-hybridized carbons (Fsp3) is 0.923. The maximum Gasteiger partial charge on any atom is 0.101 e. The number of rotatable bonds is 7. The van der Waals surface area contributed by atoms with Crippen molar-refractivity contribution in [1.82, 2.24) is 4.90 Å². The summed E-state index contributed by atoms with van der Waals surface area (Å²) in [6.07, 6.45) is 1.76. The summed E-state index contributed by atoms with van der Waals surface area (Å²) >= 11 is 0. The fourth-order valence-electron chi connectivity index (χ4n) is 1.73. The van der Waals surface area contributed by atoms with Gasteiger partial charge in [0.15, 0.2) is 0 Å². The third-order valence-corrected chi connectivity index (χ3v) is 2.73. The van der Waals surface area contributed by atoms with E-state index in [1.165, 1.54) is 0 Å². The molecule has 1 atom stereocenters. The molecule has 0 fully saturated rings. The van der Waals surface area contributed by atoms with Crippen LogP contribution in [0.25, 0.3) is 0 Å². The maximum absolute atomic E-state index is 8.83. The molecule has 0 aliphatic rings. The zero-order valence-electron chi connectivity index (χ0n) is 11.5. The van der Waals surface area contributed by atoms with Gasteiger partial charge in [-0.15, -0.1) is 0 Å². The second-order valence-corrected chi connectivity index (χ2v) is 5.62. The highest BCUT2D eigenvalue weighted by Crippen LogP contribution is 2.11. The Morgan fingerprint density at radius 3 is 2.25 bits per heavy atom. The number of hydrogen-bond acceptors (Lipinski definition) is 3. The van der Waals surface area contributed by atoms with Crippen LogP contribution in [0.1, 0.15) is 47.5 Å². The normalized spacial score (nSPS) is 15.5. The molecule has 0 aromatic carbocycles. The van der Waals surface area contributed by atoms with Crippen LogP contribution >= 0.6 is 0 Å². The van der Waals surface area contributed by atoms with E-state index in [9.17, 15) is 0 Å². The van der Waals surface area contributed by atoms with E-state index in [1.807, 2.05) is 0 Å². The summed E-state index contributed by atoms with van der Waals surface area (Å²) in [6, 6.07) is 2.71. The smallest absolute Gasteiger partial charge is 0.101 e. The van der Waals surface area contributed by atoms with Crippen LogP contribution in [0.2, 0.25) is 0 Å². The minimum atomic E-state index is -0.666. The van der Waals surface area contributed by atoms with Crippen LogP contribution in [0.15, 0.2) is 0 Å². The molecule has 2 N–H and O–H groups in total. The van der Waals surface area contributed by atoms with Gasteiger partial charge in [-0.25, -0.2) is 0 Å². The molecule has 0 spiro atoms. The first-order valence-corrected chi connectivity index (χ1v) is 6.22. The largest absolute Gasteiger partial charge is 0.314 e. The Morgan fingerprint density at radius 1 is 1.31 bits per heavy atom. The Hall–Kier alpha value is -0.590. The molecule has 0 aliphatic carbocycles. The third-order valence-electron chi connectivity index (χ3n) is 2.73. The van der Waals surface area contributed by atoms with Crippen LogP contribution < -0.4 is 5.73 Å². The monoisotopic (exact) mass is 225 g/mol. The average Bonchev–Trinajstić information content (AvgIpc) is 2.15. The van der Waals surface area contributed by atoms with Gasteiger partial charge >= 0.3 is 0 Å². The second-order valence-electron chi connectivity index (χ2n) is 5.62. The van der Waals surface area contributed by atoms with Crippen molar-refractivity contribution in [3.8, 4) is 6.07 Å². The van der Waals surface area contributed by atoms with Crippen LogP contribution in [0.4, 0.5) is 0 Å². The van der Waals surface area contributed by atoms with Gasteiger partial charge in [0.05, 0.1) is 6.07 Å². The first-order chi connectivity index (χ1) is 7.28. The van der Waals surface area contributed by atoms with Gasteiger partial charge in [-0.2, -0.15) is 5.26 Å². The van der Waals surface area contributed by atoms with E-state index in [4.69, 9.17) is 11.0 Å². The Morgan fingerprint density at radius 2 is 1.88 bits per heavy atom. The standard InChI is InChI=1S/C13H27N3/c1-11(2)9-16(12(3)4)8-6-7-13(5,15)10-14/h11-12H,6-9,15H2,1-5H3. The molecule has 0 bridgehead atoms. The molecule has 0 saturated heterocycles. The van der Waals surface area contributed by atoms with Crippen LogP contribution in [0.5, 0.6) is 0 Å². The van der Waals surface area contributed by atoms with E-state index < -0.39 is 5.54 Å². The molecule has 3 nitrogen and oxygen atoms in total. The van der Waals surface area contributed by atoms with Crippen LogP contribution in [-0.2, 0) is 0 Å². The Labute approximate surface area is 101 Å². The van der Waals surface area contributed by atoms with Crippen molar-refractivity contribution < 1.29 is 0 Å². The van der Waals surface area contributed by atoms with E-state index >= 15 is 0 Å². The summed E-state index contributed by atoms with van der Waals surface area (Å²) in [7, 11) is 0. The third kappa shape index (κ3) is 6.81. The topological polar surface area (TPSA) is 53.0 Å². The molecule has 0 aromatic rings. The van der Waals surface area contributed by atoms with Crippen LogP contribution in [0, 0.1) is 17.2 Å². The van der Waals surface area contributed by atoms with Crippen LogP contribution in [-0.4, -0.2) is 29.6 Å². The maximum atomic E-state index is 8.83. The molecular weight excluding hydrogens is 198 g/mol. The highest BCUT2D eigenvalue weighted by molar-refractivity contribution is 5.00. The molecule has 0 amide bonds. The van der Waals surface area contributed by atoms with E-state index in [-0.39, 0.29) is 0 Å². The summed E-state index contributed by atoms with van der Waals surface area (Å²) in [5.74, 6) is 0.683. The van der Waals surface area contributed by atoms with Crippen molar-refractivity contribution in [2.75, 3.05) is 13.1 Å². The summed E-state index contributed by atoms with van der Waals surface area (Å²) in [4.78, 5) is 2.46. The van der Waals surface area contributed by atoms with Gasteiger partial charge in [0.2, 0.25) is 0 Å². The SMILES string of the molecule is CC(C)CN(CCCC(C)(N)C#N)C(C)C. The zero-order valence-corrected chi connectivity index (χ0v) is 11.5. The van der Waals surface area contributed by atoms with Crippen molar-refractivity contribution in [3.63, 3.8) is 0 Å². The average molecular weight is 225 g/mol. The predicted molar refractivity (Wildman–Crippen MR) is 69.0 cm³/mol. The molecule has 0 saturated carbocycles. The minimum Gasteiger partial charge on any atom is -0.314 e. The first kappa shape index (κ1) is 15.4. The van der Waals surface area contributed by atoms with Gasteiger partial charge in [-0.3, -0.25) is 0 Å². The van der Waals surface area contributed by atoms with E-state index in [0.717, 1.165) is 25.9 Å². The Bertz CT molecular complexity index is 226. The number of nitrogens with two attached hydrogens (primary N) is 1. The summed E-state index contributed by atoms with van der Waals surface area (Å²) in [6.45, 7) is 12.9. The lowest BCUT2D eigenvalue weighted by Crippen LogP contribution is -2.38. The van der Waals surface area contributed by atoms with Crippen molar-refractivity contribution in [3.05, 3.63) is 0 Å². The molecule has 3 heteroatoms. The first-order valence-electron chi connectivity index (χ1n) is 6.22. The molecule has 0 heterocycles. The Balaban J connectivity index is 4.00. The lowest BCUT2D eigenvalue weighted by Gasteiger charge is -2.29. The van der Waals surface area contributed by atoms with Gasteiger partial charge < -0.3 is 10.6 Å². The van der Waals surface area contributed by atoms with E-state index in [1.54, 1.807) is 6.92 Å². The quantitative estimate of drug-likeness (QED) is 0.723. The zero-order chi connectivity index (χ0) is 12.8. The Kier molecular flexibility index (Phi) is 6.62. The molecule has 0 aromatic heterocycles. The number of nitrogens with zero attached hydrogens (tertiary/aromatic N) is 2. The number of hydrogen-bond donors (Lipinski definition) is 1. The van der Waals surface area contributed by atoms with E-state index in [2.05, 4.69) is 38.7 Å². The molecular formula is C13H27N3. The van der Waals surface area contributed by atoms with Crippen molar-refractivity contribution >= 4 is 0 Å². The summed E-state index contributed by atoms with van der Waals surface area (Å²) < 4.78 is 0. The van der Waals surface area contributed by atoms with Crippen LogP contribution in [0.3, 0.4) is 0 Å². The highest BCUT2D eigenvalue weighted by Gasteiger charge is 2.18. The van der Waals surface area contributed by atoms with Gasteiger partial charge in [0.25, 0.3) is 0 Å². The van der Waals surface area contributed by atoms with Gasteiger partial charge in [-0.05, 0) is 46.1 Å². The molecule has 0 radical (unpaired) electrons. The van der Waals surface area contributed by atoms with Gasteiger partial charge in [-0.1, -0.05) is 13.8 Å². The van der Waals surface area contributed by atoms with Gasteiger partial charge in [0, 0.05) is 12.6 Å². The molecule has 16 heavy (non-hydrogen) atoms. The summed E-state index contributed by atoms with van der Waals surface area (Å²) in [5, 5.41) is 8.83.